The summed E-state index contributed by atoms with van der Waals surface area (Å²) < 4.78 is 0. The summed E-state index contributed by atoms with van der Waals surface area (Å²) in [7, 11) is 4.33. The third-order valence-corrected chi connectivity index (χ3v) is 8.85. The summed E-state index contributed by atoms with van der Waals surface area (Å²) in [5.41, 5.74) is 7.48. The lowest BCUT2D eigenvalue weighted by molar-refractivity contribution is 0.0950. The second-order valence-electron chi connectivity index (χ2n) is 11.8. The molecule has 0 atom stereocenters. The number of amides is 1. The number of H-pyrrole nitrogens is 2. The fourth-order valence-corrected chi connectivity index (χ4v) is 6.37. The fraction of sp³-hybridized carbons (Fsp3) is 0.424. The molecule has 1 aliphatic rings. The lowest BCUT2D eigenvalue weighted by Gasteiger charge is -2.40. The normalized spacial score (nSPS) is 16.8. The first kappa shape index (κ1) is 30.2. The first-order valence-corrected chi connectivity index (χ1v) is 15.1. The molecule has 10 nitrogen and oxygen atoms in total. The molecule has 226 valence electrons. The maximum absolute atomic E-state index is 13.8. The Balaban J connectivity index is 1.50. The molecule has 0 radical (unpaired) electrons. The van der Waals surface area contributed by atoms with Gasteiger partial charge in [-0.25, -0.2) is 0 Å². The molecule has 0 bridgehead atoms. The molecule has 0 unspecified atom stereocenters. The van der Waals surface area contributed by atoms with Gasteiger partial charge in [-0.1, -0.05) is 24.3 Å². The van der Waals surface area contributed by atoms with Crippen LogP contribution in [0, 0.1) is 20.8 Å². The van der Waals surface area contributed by atoms with Crippen molar-refractivity contribution in [2.24, 2.45) is 0 Å². The predicted octanol–water partition coefficient (Wildman–Crippen LogP) is 4.78. The zero-order chi connectivity index (χ0) is 30.7. The Labute approximate surface area is 252 Å². The quantitative estimate of drug-likeness (QED) is 0.260. The molecular formula is C33H42N8O2. The van der Waals surface area contributed by atoms with Gasteiger partial charge in [-0.05, 0) is 113 Å². The lowest BCUT2D eigenvalue weighted by atomic mass is 9.88. The number of pyridine rings is 1. The van der Waals surface area contributed by atoms with Crippen LogP contribution in [-0.2, 0) is 6.54 Å². The molecule has 1 aliphatic carbocycles. The number of tetrazole rings is 1. The molecule has 1 fully saturated rings. The van der Waals surface area contributed by atoms with E-state index in [9.17, 15) is 9.59 Å². The van der Waals surface area contributed by atoms with Crippen molar-refractivity contribution < 1.29 is 4.79 Å². The summed E-state index contributed by atoms with van der Waals surface area (Å²) in [6, 6.07) is 15.1. The molecule has 2 heterocycles. The van der Waals surface area contributed by atoms with E-state index in [2.05, 4.69) is 67.8 Å². The Morgan fingerprint density at radius 1 is 0.953 bits per heavy atom. The lowest BCUT2D eigenvalue weighted by Crippen LogP contribution is -2.42. The summed E-state index contributed by atoms with van der Waals surface area (Å²) in [4.78, 5) is 34.1. The van der Waals surface area contributed by atoms with Crippen LogP contribution in [0.15, 0.2) is 47.3 Å². The molecular weight excluding hydrogens is 540 g/mol. The maximum atomic E-state index is 13.8. The Morgan fingerprint density at radius 2 is 1.63 bits per heavy atom. The van der Waals surface area contributed by atoms with Crippen molar-refractivity contribution in [1.29, 1.82) is 0 Å². The number of nitrogens with one attached hydrogen (secondary N) is 3. The number of rotatable bonds is 9. The van der Waals surface area contributed by atoms with Crippen LogP contribution in [0.4, 0.5) is 5.69 Å². The van der Waals surface area contributed by atoms with Gasteiger partial charge in [-0.15, -0.1) is 10.2 Å². The van der Waals surface area contributed by atoms with Crippen molar-refractivity contribution in [3.63, 3.8) is 0 Å². The van der Waals surface area contributed by atoms with Crippen LogP contribution in [-0.4, -0.2) is 69.1 Å². The largest absolute Gasteiger partial charge is 0.369 e. The Kier molecular flexibility index (Phi) is 9.05. The van der Waals surface area contributed by atoms with Crippen LogP contribution in [0.1, 0.15) is 65.3 Å². The summed E-state index contributed by atoms with van der Waals surface area (Å²) in [5, 5.41) is 17.4. The van der Waals surface area contributed by atoms with Gasteiger partial charge in [-0.2, -0.15) is 5.21 Å². The molecule has 3 N–H and O–H groups in total. The van der Waals surface area contributed by atoms with Crippen molar-refractivity contribution in [3.8, 4) is 22.5 Å². The van der Waals surface area contributed by atoms with Gasteiger partial charge >= 0.3 is 0 Å². The monoisotopic (exact) mass is 582 g/mol. The molecule has 0 aliphatic heterocycles. The minimum absolute atomic E-state index is 0.157. The van der Waals surface area contributed by atoms with E-state index in [1.807, 2.05) is 57.2 Å². The number of hydrogen-bond donors (Lipinski definition) is 3. The van der Waals surface area contributed by atoms with E-state index >= 15 is 0 Å². The molecule has 4 aromatic rings. The number of aromatic amines is 2. The number of nitrogens with zero attached hydrogens (tertiary/aromatic N) is 5. The van der Waals surface area contributed by atoms with Crippen molar-refractivity contribution in [2.45, 2.75) is 72.0 Å². The topological polar surface area (TPSA) is 123 Å². The summed E-state index contributed by atoms with van der Waals surface area (Å²) in [5.74, 6) is 0.332. The van der Waals surface area contributed by atoms with E-state index in [1.54, 1.807) is 0 Å². The molecule has 1 amide bonds. The van der Waals surface area contributed by atoms with E-state index < -0.39 is 0 Å². The SMILES string of the molecule is CCN(c1cc(-c2ccc(-c3nn[nH]n3)cc2)cc(C(=O)NCc2c(C)cc(C)[nH]c2=O)c1C)[C@H]1CC[C@H](N(C)C)CC1. The van der Waals surface area contributed by atoms with E-state index in [0.717, 1.165) is 71.4 Å². The van der Waals surface area contributed by atoms with Crippen molar-refractivity contribution >= 4 is 11.6 Å². The van der Waals surface area contributed by atoms with Crippen LogP contribution < -0.4 is 15.8 Å². The van der Waals surface area contributed by atoms with E-state index in [1.165, 1.54) is 0 Å². The average Bonchev–Trinajstić information content (AvgIpc) is 3.53. The number of hydrogen-bond acceptors (Lipinski definition) is 7. The van der Waals surface area contributed by atoms with Crippen LogP contribution >= 0.6 is 0 Å². The standard InChI is InChI=1S/C33H42N8O2/c1-7-41(27-14-12-26(13-15-27)40(5)6)30-18-25(23-8-10-24(11-9-23)31-36-38-39-37-31)17-28(22(30)4)32(42)34-19-29-20(2)16-21(3)35-33(29)43/h8-11,16-18,26-27H,7,12-15,19H2,1-6H3,(H,34,42)(H,35,43)(H,36,37,38,39)/t26-,27-. The van der Waals surface area contributed by atoms with Gasteiger partial charge in [0.05, 0.1) is 0 Å². The van der Waals surface area contributed by atoms with E-state index in [4.69, 9.17) is 0 Å². The van der Waals surface area contributed by atoms with Gasteiger partial charge in [0.25, 0.3) is 11.5 Å². The third-order valence-electron chi connectivity index (χ3n) is 8.85. The van der Waals surface area contributed by atoms with Crippen molar-refractivity contribution in [2.75, 3.05) is 25.5 Å². The number of aromatic nitrogens is 5. The van der Waals surface area contributed by atoms with E-state index in [0.29, 0.717) is 29.0 Å². The smallest absolute Gasteiger partial charge is 0.253 e. The summed E-state index contributed by atoms with van der Waals surface area (Å²) in [6.07, 6.45) is 4.53. The number of anilines is 1. The summed E-state index contributed by atoms with van der Waals surface area (Å²) >= 11 is 0. The molecule has 10 heteroatoms. The molecule has 2 aromatic carbocycles. The molecule has 0 saturated heterocycles. The number of benzene rings is 2. The Morgan fingerprint density at radius 3 is 2.23 bits per heavy atom. The predicted molar refractivity (Wildman–Crippen MR) is 170 cm³/mol. The average molecular weight is 583 g/mol. The second kappa shape index (κ2) is 12.9. The molecule has 5 rings (SSSR count). The Hall–Kier alpha value is -4.31. The van der Waals surface area contributed by atoms with Crippen LogP contribution in [0.5, 0.6) is 0 Å². The highest BCUT2D eigenvalue weighted by Gasteiger charge is 2.28. The highest BCUT2D eigenvalue weighted by Crippen LogP contribution is 2.36. The first-order chi connectivity index (χ1) is 20.7. The van der Waals surface area contributed by atoms with Crippen molar-refractivity contribution in [1.82, 2.24) is 35.8 Å². The van der Waals surface area contributed by atoms with Gasteiger partial charge in [-0.3, -0.25) is 9.59 Å². The Bertz CT molecular complexity index is 1620. The van der Waals surface area contributed by atoms with Gasteiger partial charge < -0.3 is 20.1 Å². The second-order valence-corrected chi connectivity index (χ2v) is 11.8. The van der Waals surface area contributed by atoms with Crippen LogP contribution in [0.2, 0.25) is 0 Å². The van der Waals surface area contributed by atoms with Gasteiger partial charge in [0.2, 0.25) is 5.82 Å². The summed E-state index contributed by atoms with van der Waals surface area (Å²) in [6.45, 7) is 8.98. The number of carbonyl (C=O) groups is 1. The molecule has 43 heavy (non-hydrogen) atoms. The molecule has 0 spiro atoms. The number of aryl methyl sites for hydroxylation is 2. The van der Waals surface area contributed by atoms with Crippen LogP contribution in [0.25, 0.3) is 22.5 Å². The molecule has 1 saturated carbocycles. The highest BCUT2D eigenvalue weighted by molar-refractivity contribution is 5.99. The van der Waals surface area contributed by atoms with E-state index in [-0.39, 0.29) is 18.0 Å². The minimum atomic E-state index is -0.198. The van der Waals surface area contributed by atoms with Gasteiger partial charge in [0, 0.05) is 53.2 Å². The zero-order valence-electron chi connectivity index (χ0n) is 26.0. The third kappa shape index (κ3) is 6.54. The van der Waals surface area contributed by atoms with Crippen LogP contribution in [0.3, 0.4) is 0 Å². The fourth-order valence-electron chi connectivity index (χ4n) is 6.37. The first-order valence-electron chi connectivity index (χ1n) is 15.1. The highest BCUT2D eigenvalue weighted by atomic mass is 16.1. The molecule has 2 aromatic heterocycles. The maximum Gasteiger partial charge on any atom is 0.253 e. The van der Waals surface area contributed by atoms with Crippen molar-refractivity contribution in [3.05, 3.63) is 80.8 Å². The zero-order valence-corrected chi connectivity index (χ0v) is 26.0. The van der Waals surface area contributed by atoms with Gasteiger partial charge in [0.1, 0.15) is 0 Å². The van der Waals surface area contributed by atoms with Gasteiger partial charge in [0.15, 0.2) is 0 Å². The minimum Gasteiger partial charge on any atom is -0.369 e. The number of carbonyl (C=O) groups excluding carboxylic acids is 1.